The van der Waals surface area contributed by atoms with E-state index in [0.717, 1.165) is 94.4 Å². The van der Waals surface area contributed by atoms with Crippen molar-refractivity contribution in [1.82, 2.24) is 4.57 Å². The van der Waals surface area contributed by atoms with Gasteiger partial charge in [0, 0.05) is 60.6 Å². The molecule has 0 atom stereocenters. The minimum Gasteiger partial charge on any atom is -0.456 e. The first kappa shape index (κ1) is 32.4. The highest BCUT2D eigenvalue weighted by molar-refractivity contribution is 6.11. The third-order valence-electron chi connectivity index (χ3n) is 11.6. The zero-order valence-electron chi connectivity index (χ0n) is 31.3. The molecule has 272 valence electrons. The molecule has 0 bridgehead atoms. The van der Waals surface area contributed by atoms with Crippen molar-refractivity contribution < 1.29 is 8.83 Å². The van der Waals surface area contributed by atoms with Crippen LogP contribution < -0.4 is 4.90 Å². The van der Waals surface area contributed by atoms with Crippen LogP contribution in [0.3, 0.4) is 0 Å². The van der Waals surface area contributed by atoms with Crippen molar-refractivity contribution in [2.75, 3.05) is 4.90 Å². The third-order valence-corrected chi connectivity index (χ3v) is 11.6. The number of anilines is 3. The normalized spacial score (nSPS) is 11.8. The number of nitrogens with zero attached hydrogens (tertiary/aromatic N) is 2. The molecule has 0 amide bonds. The van der Waals surface area contributed by atoms with Crippen LogP contribution in [0.15, 0.2) is 215 Å². The maximum absolute atomic E-state index is 6.45. The van der Waals surface area contributed by atoms with Gasteiger partial charge in [-0.25, -0.2) is 0 Å². The minimum atomic E-state index is 0.892. The quantitative estimate of drug-likeness (QED) is 0.170. The Morgan fingerprint density at radius 1 is 0.328 bits per heavy atom. The van der Waals surface area contributed by atoms with E-state index in [-0.39, 0.29) is 0 Å². The SMILES string of the molecule is c1ccc(-n2c3ccccc3c3ccc(N(c4ccc(-c5cccc6c5oc5ccccc56)cc4)c4cccc(-c5ccc6oc7ccccc7c6c5)c4)cc32)cc1. The summed E-state index contributed by atoms with van der Waals surface area (Å²) in [5.41, 5.74) is 14.7. The van der Waals surface area contributed by atoms with Crippen LogP contribution in [0.4, 0.5) is 17.1 Å². The molecular weight excluding hydrogens is 709 g/mol. The summed E-state index contributed by atoms with van der Waals surface area (Å²) in [5, 5.41) is 6.94. The summed E-state index contributed by atoms with van der Waals surface area (Å²) in [6.45, 7) is 0. The Labute approximate surface area is 334 Å². The molecule has 58 heavy (non-hydrogen) atoms. The van der Waals surface area contributed by atoms with Crippen LogP contribution in [0.1, 0.15) is 0 Å². The number of fused-ring (bicyclic) bond motifs is 9. The molecule has 0 aliphatic carbocycles. The predicted molar refractivity (Wildman–Crippen MR) is 241 cm³/mol. The second-order valence-electron chi connectivity index (χ2n) is 14.9. The largest absolute Gasteiger partial charge is 0.456 e. The van der Waals surface area contributed by atoms with Crippen molar-refractivity contribution >= 4 is 82.7 Å². The van der Waals surface area contributed by atoms with Crippen LogP contribution in [0.2, 0.25) is 0 Å². The van der Waals surface area contributed by atoms with Crippen molar-refractivity contribution in [3.05, 3.63) is 206 Å². The lowest BCUT2D eigenvalue weighted by molar-refractivity contribution is 0.669. The first-order chi connectivity index (χ1) is 28.7. The maximum atomic E-state index is 6.45. The Morgan fingerprint density at radius 3 is 1.78 bits per heavy atom. The molecule has 9 aromatic carbocycles. The molecule has 12 aromatic rings. The molecule has 0 spiro atoms. The fourth-order valence-electron chi connectivity index (χ4n) is 8.90. The average molecular weight is 743 g/mol. The summed E-state index contributed by atoms with van der Waals surface area (Å²) in [5.74, 6) is 0. The molecule has 0 saturated carbocycles. The number of benzene rings is 9. The first-order valence-electron chi connectivity index (χ1n) is 19.7. The van der Waals surface area contributed by atoms with Crippen molar-refractivity contribution in [1.29, 1.82) is 0 Å². The van der Waals surface area contributed by atoms with Crippen molar-refractivity contribution in [3.63, 3.8) is 0 Å². The van der Waals surface area contributed by atoms with Crippen LogP contribution >= 0.6 is 0 Å². The molecule has 12 rings (SSSR count). The van der Waals surface area contributed by atoms with Crippen LogP contribution in [-0.4, -0.2) is 4.57 Å². The maximum Gasteiger partial charge on any atom is 0.143 e. The highest BCUT2D eigenvalue weighted by Crippen LogP contribution is 2.43. The second kappa shape index (κ2) is 12.9. The lowest BCUT2D eigenvalue weighted by atomic mass is 10.0. The number of rotatable bonds is 6. The van der Waals surface area contributed by atoms with Crippen molar-refractivity contribution in [2.45, 2.75) is 0 Å². The third kappa shape index (κ3) is 5.09. The number of aromatic nitrogens is 1. The van der Waals surface area contributed by atoms with Crippen molar-refractivity contribution in [2.24, 2.45) is 0 Å². The summed E-state index contributed by atoms with van der Waals surface area (Å²) in [6, 6.07) is 73.3. The van der Waals surface area contributed by atoms with Crippen LogP contribution in [0.5, 0.6) is 0 Å². The van der Waals surface area contributed by atoms with Crippen LogP contribution in [0.25, 0.3) is 93.6 Å². The van der Waals surface area contributed by atoms with Gasteiger partial charge in [0.15, 0.2) is 0 Å². The van der Waals surface area contributed by atoms with Gasteiger partial charge < -0.3 is 18.3 Å². The van der Waals surface area contributed by atoms with Gasteiger partial charge in [-0.05, 0) is 95.6 Å². The summed E-state index contributed by atoms with van der Waals surface area (Å²) in [7, 11) is 0. The summed E-state index contributed by atoms with van der Waals surface area (Å²) in [4.78, 5) is 2.37. The van der Waals surface area contributed by atoms with Gasteiger partial charge in [0.05, 0.1) is 11.0 Å². The predicted octanol–water partition coefficient (Wildman–Crippen LogP) is 15.4. The lowest BCUT2D eigenvalue weighted by Crippen LogP contribution is -2.10. The second-order valence-corrected chi connectivity index (χ2v) is 14.9. The number of hydrogen-bond acceptors (Lipinski definition) is 3. The van der Waals surface area contributed by atoms with Gasteiger partial charge in [0.25, 0.3) is 0 Å². The molecule has 4 nitrogen and oxygen atoms in total. The Hall–Kier alpha value is -7.82. The van der Waals surface area contributed by atoms with Crippen LogP contribution in [-0.2, 0) is 0 Å². The first-order valence-corrected chi connectivity index (χ1v) is 19.7. The van der Waals surface area contributed by atoms with E-state index in [2.05, 4.69) is 191 Å². The topological polar surface area (TPSA) is 34.5 Å². The Bertz CT molecular complexity index is 3520. The summed E-state index contributed by atoms with van der Waals surface area (Å²) in [6.07, 6.45) is 0. The molecule has 0 unspecified atom stereocenters. The van der Waals surface area contributed by atoms with E-state index >= 15 is 0 Å². The molecule has 0 radical (unpaired) electrons. The molecule has 0 aliphatic rings. The molecule has 0 fully saturated rings. The van der Waals surface area contributed by atoms with Gasteiger partial charge >= 0.3 is 0 Å². The molecule has 0 saturated heterocycles. The van der Waals surface area contributed by atoms with Crippen LogP contribution in [0, 0.1) is 0 Å². The number of furan rings is 2. The molecule has 3 aromatic heterocycles. The van der Waals surface area contributed by atoms with Gasteiger partial charge in [0.2, 0.25) is 0 Å². The van der Waals surface area contributed by atoms with E-state index in [1.165, 1.54) is 16.3 Å². The van der Waals surface area contributed by atoms with E-state index in [0.29, 0.717) is 0 Å². The monoisotopic (exact) mass is 742 g/mol. The Kier molecular flexibility index (Phi) is 7.20. The average Bonchev–Trinajstić information content (AvgIpc) is 3.96. The van der Waals surface area contributed by atoms with E-state index in [4.69, 9.17) is 8.83 Å². The van der Waals surface area contributed by atoms with Gasteiger partial charge in [-0.1, -0.05) is 127 Å². The van der Waals surface area contributed by atoms with E-state index in [1.807, 2.05) is 24.3 Å². The smallest absolute Gasteiger partial charge is 0.143 e. The van der Waals surface area contributed by atoms with E-state index < -0.39 is 0 Å². The Morgan fingerprint density at radius 2 is 0.931 bits per heavy atom. The van der Waals surface area contributed by atoms with Gasteiger partial charge in [0.1, 0.15) is 22.3 Å². The molecule has 0 aliphatic heterocycles. The number of hydrogen-bond donors (Lipinski definition) is 0. The van der Waals surface area contributed by atoms with E-state index in [9.17, 15) is 0 Å². The fraction of sp³-hybridized carbons (Fsp3) is 0. The molecule has 4 heteroatoms. The molecule has 0 N–H and O–H groups in total. The standard InChI is InChI=1S/C54H34N2O2/c1-2-13-38(14-3-1)56-49-21-7-4-16-43(49)44-30-29-41(34-50(44)56)55(39-27-24-35(25-28-39)42-19-11-20-47-45-17-5-9-23-52(45)58-54(42)47)40-15-10-12-36(32-40)37-26-31-53-48(33-37)46-18-6-8-22-51(46)57-53/h1-34H. The fourth-order valence-corrected chi connectivity index (χ4v) is 8.90. The highest BCUT2D eigenvalue weighted by atomic mass is 16.3. The summed E-state index contributed by atoms with van der Waals surface area (Å²) >= 11 is 0. The Balaban J connectivity index is 1.04. The minimum absolute atomic E-state index is 0.892. The van der Waals surface area contributed by atoms with Crippen molar-refractivity contribution in [3.8, 4) is 27.9 Å². The molecule has 3 heterocycles. The van der Waals surface area contributed by atoms with Gasteiger partial charge in [-0.15, -0.1) is 0 Å². The zero-order valence-corrected chi connectivity index (χ0v) is 31.3. The molecular formula is C54H34N2O2. The zero-order chi connectivity index (χ0) is 38.2. The summed E-state index contributed by atoms with van der Waals surface area (Å²) < 4.78 is 15.0. The number of para-hydroxylation sites is 5. The highest BCUT2D eigenvalue weighted by Gasteiger charge is 2.19. The lowest BCUT2D eigenvalue weighted by Gasteiger charge is -2.26. The van der Waals surface area contributed by atoms with E-state index in [1.54, 1.807) is 0 Å². The van der Waals surface area contributed by atoms with Gasteiger partial charge in [-0.3, -0.25) is 0 Å². The van der Waals surface area contributed by atoms with Gasteiger partial charge in [-0.2, -0.15) is 0 Å².